The average molecular weight is 310 g/mol. The van der Waals surface area contributed by atoms with Crippen LogP contribution in [0.1, 0.15) is 11.3 Å². The molecule has 0 saturated heterocycles. The quantitative estimate of drug-likeness (QED) is 0.810. The molecule has 7 heteroatoms. The van der Waals surface area contributed by atoms with Crippen LogP contribution in [0, 0.1) is 0 Å². The monoisotopic (exact) mass is 310 g/mol. The maximum Gasteiger partial charge on any atom is 0.273 e. The van der Waals surface area contributed by atoms with Crippen molar-refractivity contribution >= 4 is 10.0 Å². The Morgan fingerprint density at radius 3 is 2.62 bits per heavy atom. The molecule has 1 aromatic carbocycles. The zero-order chi connectivity index (χ0) is 15.3. The number of sulfonamides is 1. The van der Waals surface area contributed by atoms with Gasteiger partial charge in [-0.2, -0.15) is 0 Å². The lowest BCUT2D eigenvalue weighted by Crippen LogP contribution is -2.17. The SMILES string of the molecule is CNS(=O)(=O)c1ccc(CNCc2ccccc2OC)o1. The van der Waals surface area contributed by atoms with Crippen LogP contribution in [0.15, 0.2) is 45.9 Å². The number of para-hydroxylation sites is 1. The molecule has 1 heterocycles. The molecule has 0 saturated carbocycles. The van der Waals surface area contributed by atoms with Gasteiger partial charge in [-0.3, -0.25) is 0 Å². The summed E-state index contributed by atoms with van der Waals surface area (Å²) in [5.41, 5.74) is 1.02. The van der Waals surface area contributed by atoms with E-state index in [1.54, 1.807) is 13.2 Å². The van der Waals surface area contributed by atoms with E-state index in [1.165, 1.54) is 13.1 Å². The van der Waals surface area contributed by atoms with Crippen molar-refractivity contribution in [1.82, 2.24) is 10.0 Å². The predicted molar refractivity (Wildman–Crippen MR) is 78.5 cm³/mol. The van der Waals surface area contributed by atoms with Crippen LogP contribution in [0.2, 0.25) is 0 Å². The van der Waals surface area contributed by atoms with Crippen molar-refractivity contribution in [3.63, 3.8) is 0 Å². The van der Waals surface area contributed by atoms with Crippen LogP contribution in [0.4, 0.5) is 0 Å². The maximum atomic E-state index is 11.6. The largest absolute Gasteiger partial charge is 0.496 e. The maximum absolute atomic E-state index is 11.6. The van der Waals surface area contributed by atoms with Crippen LogP contribution in [0.25, 0.3) is 0 Å². The number of hydrogen-bond acceptors (Lipinski definition) is 5. The van der Waals surface area contributed by atoms with E-state index in [1.807, 2.05) is 24.3 Å². The summed E-state index contributed by atoms with van der Waals surface area (Å²) in [6.45, 7) is 1.02. The molecule has 0 fully saturated rings. The van der Waals surface area contributed by atoms with E-state index in [9.17, 15) is 8.42 Å². The third kappa shape index (κ3) is 3.84. The molecule has 0 amide bonds. The molecule has 6 nitrogen and oxygen atoms in total. The van der Waals surface area contributed by atoms with Crippen LogP contribution in [0.3, 0.4) is 0 Å². The lowest BCUT2D eigenvalue weighted by molar-refractivity contribution is 0.394. The summed E-state index contributed by atoms with van der Waals surface area (Å²) in [7, 11) is -0.560. The molecular weight excluding hydrogens is 292 g/mol. The van der Waals surface area contributed by atoms with Crippen molar-refractivity contribution < 1.29 is 17.6 Å². The Morgan fingerprint density at radius 1 is 1.14 bits per heavy atom. The minimum absolute atomic E-state index is 0.0842. The minimum Gasteiger partial charge on any atom is -0.496 e. The zero-order valence-electron chi connectivity index (χ0n) is 11.9. The molecule has 114 valence electrons. The number of methoxy groups -OCH3 is 1. The molecule has 21 heavy (non-hydrogen) atoms. The Labute approximate surface area is 124 Å². The second-order valence-corrected chi connectivity index (χ2v) is 6.16. The molecule has 0 unspecified atom stereocenters. The van der Waals surface area contributed by atoms with Crippen LogP contribution >= 0.6 is 0 Å². The number of benzene rings is 1. The molecule has 2 rings (SSSR count). The smallest absolute Gasteiger partial charge is 0.273 e. The van der Waals surface area contributed by atoms with Crippen molar-refractivity contribution in [3.05, 3.63) is 47.7 Å². The first kappa shape index (κ1) is 15.6. The molecule has 0 radical (unpaired) electrons. The van der Waals surface area contributed by atoms with Gasteiger partial charge in [0.25, 0.3) is 10.0 Å². The van der Waals surface area contributed by atoms with Crippen molar-refractivity contribution in [2.75, 3.05) is 14.2 Å². The van der Waals surface area contributed by atoms with E-state index in [2.05, 4.69) is 10.0 Å². The van der Waals surface area contributed by atoms with Gasteiger partial charge in [-0.05, 0) is 25.2 Å². The first-order chi connectivity index (χ1) is 10.1. The number of ether oxygens (including phenoxy) is 1. The molecule has 2 aromatic rings. The second-order valence-electron chi connectivity index (χ2n) is 4.34. The van der Waals surface area contributed by atoms with Crippen molar-refractivity contribution in [2.24, 2.45) is 0 Å². The first-order valence-electron chi connectivity index (χ1n) is 6.41. The topological polar surface area (TPSA) is 80.6 Å². The van der Waals surface area contributed by atoms with Gasteiger partial charge >= 0.3 is 0 Å². The van der Waals surface area contributed by atoms with Gasteiger partial charge in [0.05, 0.1) is 13.7 Å². The fourth-order valence-corrected chi connectivity index (χ4v) is 2.53. The molecule has 0 bridgehead atoms. The highest BCUT2D eigenvalue weighted by molar-refractivity contribution is 7.89. The number of rotatable bonds is 7. The summed E-state index contributed by atoms with van der Waals surface area (Å²) < 4.78 is 35.9. The molecule has 0 spiro atoms. The van der Waals surface area contributed by atoms with E-state index in [0.29, 0.717) is 18.8 Å². The highest BCUT2D eigenvalue weighted by Crippen LogP contribution is 2.17. The van der Waals surface area contributed by atoms with Gasteiger partial charge in [0.1, 0.15) is 11.5 Å². The van der Waals surface area contributed by atoms with E-state index >= 15 is 0 Å². The third-order valence-corrected chi connectivity index (χ3v) is 4.26. The Hall–Kier alpha value is -1.83. The summed E-state index contributed by atoms with van der Waals surface area (Å²) in [5, 5.41) is 3.10. The van der Waals surface area contributed by atoms with Gasteiger partial charge in [-0.1, -0.05) is 18.2 Å². The normalized spacial score (nSPS) is 11.5. The zero-order valence-corrected chi connectivity index (χ0v) is 12.7. The molecule has 0 aliphatic rings. The van der Waals surface area contributed by atoms with Gasteiger partial charge < -0.3 is 14.5 Å². The second kappa shape index (κ2) is 6.75. The van der Waals surface area contributed by atoms with Gasteiger partial charge in [0.2, 0.25) is 5.09 Å². The predicted octanol–water partition coefficient (Wildman–Crippen LogP) is 1.49. The summed E-state index contributed by atoms with van der Waals surface area (Å²) >= 11 is 0. The lowest BCUT2D eigenvalue weighted by Gasteiger charge is -2.08. The van der Waals surface area contributed by atoms with Crippen LogP contribution in [-0.4, -0.2) is 22.6 Å². The Morgan fingerprint density at radius 2 is 1.90 bits per heavy atom. The minimum atomic E-state index is -3.53. The number of hydrogen-bond donors (Lipinski definition) is 2. The standard InChI is InChI=1S/C14H18N2O4S/c1-15-21(17,18)14-8-7-12(20-14)10-16-9-11-5-3-4-6-13(11)19-2/h3-8,15-16H,9-10H2,1-2H3. The molecule has 2 N–H and O–H groups in total. The molecular formula is C14H18N2O4S. The van der Waals surface area contributed by atoms with Gasteiger partial charge in [0.15, 0.2) is 0 Å². The van der Waals surface area contributed by atoms with Gasteiger partial charge in [-0.15, -0.1) is 0 Å². The van der Waals surface area contributed by atoms with Crippen LogP contribution < -0.4 is 14.8 Å². The summed E-state index contributed by atoms with van der Waals surface area (Å²) in [6, 6.07) is 10.8. The average Bonchev–Trinajstić information content (AvgIpc) is 2.97. The van der Waals surface area contributed by atoms with Crippen LogP contribution in [0.5, 0.6) is 5.75 Å². The molecule has 0 atom stereocenters. The van der Waals surface area contributed by atoms with Crippen molar-refractivity contribution in [1.29, 1.82) is 0 Å². The Bertz CT molecular complexity index is 695. The lowest BCUT2D eigenvalue weighted by atomic mass is 10.2. The van der Waals surface area contributed by atoms with Crippen molar-refractivity contribution in [3.8, 4) is 5.75 Å². The Kier molecular flexibility index (Phi) is 5.00. The summed E-state index contributed by atoms with van der Waals surface area (Å²) in [5.74, 6) is 1.36. The Balaban J connectivity index is 1.95. The molecule has 0 aliphatic heterocycles. The van der Waals surface area contributed by atoms with E-state index in [4.69, 9.17) is 9.15 Å². The van der Waals surface area contributed by atoms with Gasteiger partial charge in [0, 0.05) is 12.1 Å². The van der Waals surface area contributed by atoms with Crippen molar-refractivity contribution in [2.45, 2.75) is 18.2 Å². The third-order valence-electron chi connectivity index (χ3n) is 2.98. The fraction of sp³-hybridized carbons (Fsp3) is 0.286. The number of furan rings is 1. The van der Waals surface area contributed by atoms with E-state index < -0.39 is 10.0 Å². The number of nitrogens with one attached hydrogen (secondary N) is 2. The van der Waals surface area contributed by atoms with E-state index in [0.717, 1.165) is 11.3 Å². The first-order valence-corrected chi connectivity index (χ1v) is 7.90. The highest BCUT2D eigenvalue weighted by atomic mass is 32.2. The highest BCUT2D eigenvalue weighted by Gasteiger charge is 2.16. The summed E-state index contributed by atoms with van der Waals surface area (Å²) in [6.07, 6.45) is 0. The molecule has 0 aliphatic carbocycles. The fourth-order valence-electron chi connectivity index (χ4n) is 1.87. The summed E-state index contributed by atoms with van der Waals surface area (Å²) in [4.78, 5) is 0. The molecule has 1 aromatic heterocycles. The van der Waals surface area contributed by atoms with Gasteiger partial charge in [-0.25, -0.2) is 13.1 Å². The van der Waals surface area contributed by atoms with Crippen LogP contribution in [-0.2, 0) is 23.1 Å². The van der Waals surface area contributed by atoms with E-state index in [-0.39, 0.29) is 5.09 Å².